The van der Waals surface area contributed by atoms with Crippen molar-refractivity contribution in [2.45, 2.75) is 38.0 Å². The maximum Gasteiger partial charge on any atom is 0.416 e. The molecule has 0 spiro atoms. The highest BCUT2D eigenvalue weighted by Gasteiger charge is 2.39. The van der Waals surface area contributed by atoms with Crippen molar-refractivity contribution in [2.75, 3.05) is 32.8 Å². The van der Waals surface area contributed by atoms with Gasteiger partial charge in [0.2, 0.25) is 0 Å². The molecule has 3 aromatic heterocycles. The number of ketones is 1. The number of hydrogen-bond acceptors (Lipinski definition) is 4. The average molecular weight is 600 g/mol. The monoisotopic (exact) mass is 599 g/mol. The summed E-state index contributed by atoms with van der Waals surface area (Å²) in [7, 11) is 0. The van der Waals surface area contributed by atoms with E-state index >= 15 is 0 Å². The summed E-state index contributed by atoms with van der Waals surface area (Å²) in [5.74, 6) is -3.40. The lowest BCUT2D eigenvalue weighted by Crippen LogP contribution is -2.48. The highest BCUT2D eigenvalue weighted by molar-refractivity contribution is 6.33. The third-order valence-electron chi connectivity index (χ3n) is 8.31. The van der Waals surface area contributed by atoms with Gasteiger partial charge in [0.25, 0.3) is 5.92 Å². The summed E-state index contributed by atoms with van der Waals surface area (Å²) in [6, 6.07) is 6.87. The van der Waals surface area contributed by atoms with Gasteiger partial charge in [0.05, 0.1) is 36.1 Å². The number of alkyl halides is 5. The second-order valence-electron chi connectivity index (χ2n) is 11.1. The van der Waals surface area contributed by atoms with E-state index < -0.39 is 36.8 Å². The summed E-state index contributed by atoms with van der Waals surface area (Å²) in [5.41, 5.74) is 2.64. The minimum Gasteiger partial charge on any atom is -0.373 e. The zero-order chi connectivity index (χ0) is 30.1. The second kappa shape index (κ2) is 9.90. The quantitative estimate of drug-likeness (QED) is 0.286. The molecule has 2 aliphatic heterocycles. The SMILES string of the molecule is O=C1CCC(c2cnc3ccccn23)=C1c1cn2c3c(cc(C(F)(F)F)cc13)CN(C(=O)N1CCOCC(F)(F)C1)CC2. The number of urea groups is 1. The Bertz CT molecular complexity index is 1820. The van der Waals surface area contributed by atoms with Crippen molar-refractivity contribution in [3.63, 3.8) is 0 Å². The first-order chi connectivity index (χ1) is 20.5. The van der Waals surface area contributed by atoms with E-state index in [1.165, 1.54) is 4.90 Å². The zero-order valence-corrected chi connectivity index (χ0v) is 22.8. The van der Waals surface area contributed by atoms with Gasteiger partial charge in [-0.3, -0.25) is 9.20 Å². The van der Waals surface area contributed by atoms with Crippen molar-refractivity contribution in [3.05, 3.63) is 71.3 Å². The second-order valence-corrected chi connectivity index (χ2v) is 11.1. The standard InChI is InChI=1S/C30H26F5N5O3/c31-29(32)16-39(9-10-43-17-29)28(42)38-8-7-37-15-22(21-12-19(30(33,34)35)11-18(14-38)27(21)37)26-20(4-5-24(26)41)23-13-36-25-3-1-2-6-40(23)25/h1-3,6,11-13,15H,4-5,7-10,14,16-17H2. The van der Waals surface area contributed by atoms with Crippen LogP contribution in [0, 0.1) is 0 Å². The number of ether oxygens (including phenoxy) is 1. The summed E-state index contributed by atoms with van der Waals surface area (Å²) in [4.78, 5) is 33.5. The number of rotatable bonds is 2. The number of fused-ring (bicyclic) bond motifs is 1. The molecule has 1 aromatic carbocycles. The number of carbonyl (C=O) groups excluding carboxylic acids is 2. The number of imidazole rings is 1. The van der Waals surface area contributed by atoms with E-state index in [4.69, 9.17) is 4.74 Å². The molecule has 0 atom stereocenters. The van der Waals surface area contributed by atoms with Crippen LogP contribution in [0.3, 0.4) is 0 Å². The number of allylic oxidation sites excluding steroid dienone is 2. The van der Waals surface area contributed by atoms with Crippen molar-refractivity contribution in [1.29, 1.82) is 0 Å². The molecule has 0 radical (unpaired) electrons. The lowest BCUT2D eigenvalue weighted by atomic mass is 9.96. The molecule has 2 amide bonds. The van der Waals surface area contributed by atoms with E-state index in [1.807, 2.05) is 28.8 Å². The van der Waals surface area contributed by atoms with Crippen LogP contribution in [0.2, 0.25) is 0 Å². The molecule has 0 saturated carbocycles. The summed E-state index contributed by atoms with van der Waals surface area (Å²) in [6.07, 6.45) is 1.10. The molecule has 0 bridgehead atoms. The maximum atomic E-state index is 14.2. The number of carbonyl (C=O) groups is 2. The fourth-order valence-corrected chi connectivity index (χ4v) is 6.41. The summed E-state index contributed by atoms with van der Waals surface area (Å²) >= 11 is 0. The molecule has 13 heteroatoms. The van der Waals surface area contributed by atoms with Crippen LogP contribution in [0.5, 0.6) is 0 Å². The van der Waals surface area contributed by atoms with Crippen LogP contribution in [0.25, 0.3) is 27.7 Å². The topological polar surface area (TPSA) is 72.1 Å². The summed E-state index contributed by atoms with van der Waals surface area (Å²) in [6.45, 7) is -1.68. The lowest BCUT2D eigenvalue weighted by Gasteiger charge is -2.30. The van der Waals surface area contributed by atoms with E-state index in [0.29, 0.717) is 40.0 Å². The van der Waals surface area contributed by atoms with Gasteiger partial charge in [0.15, 0.2) is 5.78 Å². The molecular weight excluding hydrogens is 573 g/mol. The van der Waals surface area contributed by atoms with Crippen molar-refractivity contribution in [1.82, 2.24) is 23.8 Å². The minimum atomic E-state index is -4.70. The highest BCUT2D eigenvalue weighted by atomic mass is 19.4. The van der Waals surface area contributed by atoms with Gasteiger partial charge in [0, 0.05) is 61.5 Å². The Hall–Kier alpha value is -4.26. The molecule has 7 rings (SSSR count). The van der Waals surface area contributed by atoms with Gasteiger partial charge < -0.3 is 19.1 Å². The number of pyridine rings is 1. The largest absolute Gasteiger partial charge is 0.416 e. The molecule has 5 heterocycles. The Kier molecular flexibility index (Phi) is 6.35. The van der Waals surface area contributed by atoms with Crippen LogP contribution in [-0.4, -0.2) is 74.3 Å². The van der Waals surface area contributed by atoms with Crippen LogP contribution >= 0.6 is 0 Å². The zero-order valence-electron chi connectivity index (χ0n) is 22.8. The molecule has 3 aliphatic rings. The van der Waals surface area contributed by atoms with Crippen molar-refractivity contribution in [2.24, 2.45) is 0 Å². The number of aromatic nitrogens is 3. The molecular formula is C30H26F5N5O3. The van der Waals surface area contributed by atoms with Gasteiger partial charge in [-0.1, -0.05) is 6.07 Å². The molecule has 0 N–H and O–H groups in total. The number of nitrogens with zero attached hydrogens (tertiary/aromatic N) is 5. The first-order valence-corrected chi connectivity index (χ1v) is 13.9. The number of halogens is 5. The molecule has 1 fully saturated rings. The van der Waals surface area contributed by atoms with Crippen LogP contribution in [0.1, 0.15) is 35.2 Å². The Morgan fingerprint density at radius 1 is 1.05 bits per heavy atom. The van der Waals surface area contributed by atoms with E-state index in [1.54, 1.807) is 17.0 Å². The number of amides is 2. The van der Waals surface area contributed by atoms with Crippen LogP contribution in [0.15, 0.2) is 48.9 Å². The van der Waals surface area contributed by atoms with Crippen molar-refractivity contribution < 1.29 is 36.3 Å². The minimum absolute atomic E-state index is 0.0539. The predicted octanol–water partition coefficient (Wildman–Crippen LogP) is 5.48. The van der Waals surface area contributed by atoms with Gasteiger partial charge in [0.1, 0.15) is 12.3 Å². The van der Waals surface area contributed by atoms with Gasteiger partial charge in [-0.25, -0.2) is 18.6 Å². The number of Topliss-reactive ketones (excluding diaryl/α,β-unsaturated/α-hetero) is 1. The molecule has 0 unspecified atom stereocenters. The van der Waals surface area contributed by atoms with Crippen LogP contribution in [0.4, 0.5) is 26.7 Å². The van der Waals surface area contributed by atoms with Gasteiger partial charge >= 0.3 is 12.2 Å². The smallest absolute Gasteiger partial charge is 0.373 e. The van der Waals surface area contributed by atoms with E-state index in [-0.39, 0.29) is 55.9 Å². The van der Waals surface area contributed by atoms with E-state index in [2.05, 4.69) is 4.98 Å². The fraction of sp³-hybridized carbons (Fsp3) is 0.367. The summed E-state index contributed by atoms with van der Waals surface area (Å²) in [5, 5.41) is 0.255. The Labute approximate surface area is 241 Å². The molecule has 1 saturated heterocycles. The maximum absolute atomic E-state index is 14.2. The molecule has 8 nitrogen and oxygen atoms in total. The molecule has 1 aliphatic carbocycles. The molecule has 4 aromatic rings. The van der Waals surface area contributed by atoms with Gasteiger partial charge in [-0.15, -0.1) is 0 Å². The van der Waals surface area contributed by atoms with Crippen LogP contribution in [-0.2, 0) is 28.8 Å². The van der Waals surface area contributed by atoms with E-state index in [9.17, 15) is 31.5 Å². The Morgan fingerprint density at radius 2 is 1.88 bits per heavy atom. The van der Waals surface area contributed by atoms with Crippen molar-refractivity contribution >= 4 is 39.5 Å². The van der Waals surface area contributed by atoms with Gasteiger partial charge in [-0.2, -0.15) is 13.2 Å². The normalized spacial score (nSPS) is 19.4. The first-order valence-electron chi connectivity index (χ1n) is 13.9. The van der Waals surface area contributed by atoms with Crippen molar-refractivity contribution in [3.8, 4) is 0 Å². The predicted molar refractivity (Wildman–Crippen MR) is 146 cm³/mol. The fourth-order valence-electron chi connectivity index (χ4n) is 6.41. The molecule has 224 valence electrons. The first kappa shape index (κ1) is 27.6. The lowest BCUT2D eigenvalue weighted by molar-refractivity contribution is -0.137. The number of hydrogen-bond donors (Lipinski definition) is 0. The Balaban J connectivity index is 1.35. The molecule has 43 heavy (non-hydrogen) atoms. The van der Waals surface area contributed by atoms with Crippen LogP contribution < -0.4 is 0 Å². The van der Waals surface area contributed by atoms with E-state index in [0.717, 1.165) is 17.0 Å². The highest BCUT2D eigenvalue weighted by Crippen LogP contribution is 2.44. The third kappa shape index (κ3) is 4.75. The average Bonchev–Trinajstić information content (AvgIpc) is 3.57. The summed E-state index contributed by atoms with van der Waals surface area (Å²) < 4.78 is 79.6. The van der Waals surface area contributed by atoms with Gasteiger partial charge in [-0.05, 0) is 41.8 Å². The number of benzene rings is 1. The third-order valence-corrected chi connectivity index (χ3v) is 8.31. The Morgan fingerprint density at radius 3 is 2.70 bits per heavy atom.